The van der Waals surface area contributed by atoms with Gasteiger partial charge in [-0.3, -0.25) is 4.79 Å². The molecular formula is C13H16ClNO. The van der Waals surface area contributed by atoms with Gasteiger partial charge in [0.2, 0.25) is 5.91 Å². The average molecular weight is 238 g/mol. The van der Waals surface area contributed by atoms with Gasteiger partial charge in [-0.25, -0.2) is 0 Å². The highest BCUT2D eigenvalue weighted by molar-refractivity contribution is 6.30. The zero-order chi connectivity index (χ0) is 11.7. The highest BCUT2D eigenvalue weighted by Crippen LogP contribution is 2.25. The summed E-state index contributed by atoms with van der Waals surface area (Å²) in [4.78, 5) is 11.8. The molecule has 1 amide bonds. The number of hydrogen-bond donors (Lipinski definition) is 1. The minimum absolute atomic E-state index is 0.0748. The molecule has 0 aliphatic heterocycles. The SMILES string of the molecule is Cc1cc(C)cc(C(Cl)C(=O)NC2CC2)c1. The molecule has 0 radical (unpaired) electrons. The van der Waals surface area contributed by atoms with E-state index < -0.39 is 5.38 Å². The summed E-state index contributed by atoms with van der Waals surface area (Å²) in [5.74, 6) is -0.0748. The van der Waals surface area contributed by atoms with Crippen LogP contribution in [0.5, 0.6) is 0 Å². The van der Waals surface area contributed by atoms with E-state index in [9.17, 15) is 4.79 Å². The largest absolute Gasteiger partial charge is 0.352 e. The Kier molecular flexibility index (Phi) is 3.20. The second kappa shape index (κ2) is 4.46. The number of alkyl halides is 1. The molecule has 0 saturated heterocycles. The van der Waals surface area contributed by atoms with Crippen LogP contribution in [-0.2, 0) is 4.79 Å². The summed E-state index contributed by atoms with van der Waals surface area (Å²) in [5.41, 5.74) is 3.16. The van der Waals surface area contributed by atoms with Gasteiger partial charge in [0.25, 0.3) is 0 Å². The van der Waals surface area contributed by atoms with Gasteiger partial charge in [0.05, 0.1) is 0 Å². The van der Waals surface area contributed by atoms with Crippen molar-refractivity contribution in [2.24, 2.45) is 0 Å². The summed E-state index contributed by atoms with van der Waals surface area (Å²) in [6, 6.07) is 6.37. The molecule has 2 nitrogen and oxygen atoms in total. The van der Waals surface area contributed by atoms with Crippen molar-refractivity contribution in [1.82, 2.24) is 5.32 Å². The second-order valence-electron chi connectivity index (χ2n) is 4.57. The van der Waals surface area contributed by atoms with E-state index in [1.807, 2.05) is 26.0 Å². The van der Waals surface area contributed by atoms with Gasteiger partial charge in [0.15, 0.2) is 0 Å². The van der Waals surface area contributed by atoms with Gasteiger partial charge < -0.3 is 5.32 Å². The summed E-state index contributed by atoms with van der Waals surface area (Å²) in [6.45, 7) is 4.03. The molecule has 1 unspecified atom stereocenters. The predicted octanol–water partition coefficient (Wildman–Crippen LogP) is 2.86. The van der Waals surface area contributed by atoms with Crippen molar-refractivity contribution in [3.8, 4) is 0 Å². The monoisotopic (exact) mass is 237 g/mol. The predicted molar refractivity (Wildman–Crippen MR) is 65.7 cm³/mol. The minimum Gasteiger partial charge on any atom is -0.352 e. The van der Waals surface area contributed by atoms with Gasteiger partial charge in [0, 0.05) is 6.04 Å². The molecule has 1 atom stereocenters. The fourth-order valence-electron chi connectivity index (χ4n) is 1.81. The Morgan fingerprint density at radius 3 is 2.38 bits per heavy atom. The number of aryl methyl sites for hydroxylation is 2. The highest BCUT2D eigenvalue weighted by Gasteiger charge is 2.27. The van der Waals surface area contributed by atoms with E-state index in [2.05, 4.69) is 11.4 Å². The summed E-state index contributed by atoms with van der Waals surface area (Å²) in [6.07, 6.45) is 2.17. The van der Waals surface area contributed by atoms with E-state index in [-0.39, 0.29) is 5.91 Å². The molecule has 1 aromatic carbocycles. The Morgan fingerprint density at radius 1 is 1.31 bits per heavy atom. The van der Waals surface area contributed by atoms with Crippen LogP contribution in [0.25, 0.3) is 0 Å². The first kappa shape index (κ1) is 11.5. The normalized spacial score (nSPS) is 16.9. The van der Waals surface area contributed by atoms with Crippen LogP contribution in [-0.4, -0.2) is 11.9 Å². The molecule has 3 heteroatoms. The Bertz CT molecular complexity index is 392. The van der Waals surface area contributed by atoms with Crippen molar-refractivity contribution >= 4 is 17.5 Å². The van der Waals surface area contributed by atoms with Gasteiger partial charge in [-0.1, -0.05) is 29.3 Å². The molecule has 1 aliphatic carbocycles. The van der Waals surface area contributed by atoms with Crippen LogP contribution >= 0.6 is 11.6 Å². The van der Waals surface area contributed by atoms with Crippen molar-refractivity contribution < 1.29 is 4.79 Å². The molecule has 0 aromatic heterocycles. The zero-order valence-electron chi connectivity index (χ0n) is 9.59. The lowest BCUT2D eigenvalue weighted by molar-refractivity contribution is -0.121. The summed E-state index contributed by atoms with van der Waals surface area (Å²) < 4.78 is 0. The maximum Gasteiger partial charge on any atom is 0.242 e. The van der Waals surface area contributed by atoms with Gasteiger partial charge in [-0.2, -0.15) is 0 Å². The van der Waals surface area contributed by atoms with Crippen molar-refractivity contribution in [3.63, 3.8) is 0 Å². The standard InChI is InChI=1S/C13H16ClNO/c1-8-5-9(2)7-10(6-8)12(14)13(16)15-11-3-4-11/h5-7,11-12H,3-4H2,1-2H3,(H,15,16). The third-order valence-corrected chi connectivity index (χ3v) is 3.14. The van der Waals surface area contributed by atoms with E-state index >= 15 is 0 Å². The number of benzene rings is 1. The first-order valence-corrected chi connectivity index (χ1v) is 6.02. The molecule has 0 heterocycles. The van der Waals surface area contributed by atoms with E-state index in [1.54, 1.807) is 0 Å². The average Bonchev–Trinajstić information content (AvgIpc) is 2.99. The van der Waals surface area contributed by atoms with Crippen LogP contribution in [0.2, 0.25) is 0 Å². The third kappa shape index (κ3) is 2.76. The lowest BCUT2D eigenvalue weighted by Crippen LogP contribution is -2.28. The van der Waals surface area contributed by atoms with Crippen molar-refractivity contribution in [1.29, 1.82) is 0 Å². The van der Waals surface area contributed by atoms with Gasteiger partial charge in [-0.05, 0) is 32.3 Å². The Morgan fingerprint density at radius 2 is 1.88 bits per heavy atom. The topological polar surface area (TPSA) is 29.1 Å². The van der Waals surface area contributed by atoms with Crippen LogP contribution in [0.15, 0.2) is 18.2 Å². The van der Waals surface area contributed by atoms with Gasteiger partial charge in [0.1, 0.15) is 5.38 Å². The van der Waals surface area contributed by atoms with Crippen LogP contribution < -0.4 is 5.32 Å². The molecule has 0 bridgehead atoms. The van der Waals surface area contributed by atoms with Crippen LogP contribution in [0.1, 0.15) is 34.9 Å². The Labute approximate surface area is 101 Å². The molecule has 86 valence electrons. The van der Waals surface area contributed by atoms with E-state index in [0.717, 1.165) is 29.5 Å². The summed E-state index contributed by atoms with van der Waals surface area (Å²) >= 11 is 6.16. The number of halogens is 1. The van der Waals surface area contributed by atoms with E-state index in [0.29, 0.717) is 6.04 Å². The second-order valence-corrected chi connectivity index (χ2v) is 5.00. The molecular weight excluding hydrogens is 222 g/mol. The molecule has 1 aliphatic rings. The quantitative estimate of drug-likeness (QED) is 0.805. The third-order valence-electron chi connectivity index (χ3n) is 2.69. The molecule has 1 N–H and O–H groups in total. The lowest BCUT2D eigenvalue weighted by atomic mass is 10.0. The fraction of sp³-hybridized carbons (Fsp3) is 0.462. The maximum atomic E-state index is 11.8. The van der Waals surface area contributed by atoms with Crippen molar-refractivity contribution in [3.05, 3.63) is 34.9 Å². The number of amides is 1. The molecule has 1 saturated carbocycles. The number of hydrogen-bond acceptors (Lipinski definition) is 1. The number of rotatable bonds is 3. The van der Waals surface area contributed by atoms with Crippen molar-refractivity contribution in [2.45, 2.75) is 38.1 Å². The zero-order valence-corrected chi connectivity index (χ0v) is 10.3. The smallest absolute Gasteiger partial charge is 0.242 e. The highest BCUT2D eigenvalue weighted by atomic mass is 35.5. The van der Waals surface area contributed by atoms with Crippen LogP contribution in [0, 0.1) is 13.8 Å². The Hall–Kier alpha value is -1.02. The number of carbonyl (C=O) groups excluding carboxylic acids is 1. The van der Waals surface area contributed by atoms with Gasteiger partial charge in [-0.15, -0.1) is 11.6 Å². The first-order valence-electron chi connectivity index (χ1n) is 5.59. The van der Waals surface area contributed by atoms with Crippen molar-refractivity contribution in [2.75, 3.05) is 0 Å². The Balaban J connectivity index is 2.11. The molecule has 16 heavy (non-hydrogen) atoms. The summed E-state index contributed by atoms with van der Waals surface area (Å²) in [7, 11) is 0. The van der Waals surface area contributed by atoms with E-state index in [1.165, 1.54) is 0 Å². The summed E-state index contributed by atoms with van der Waals surface area (Å²) in [5, 5.41) is 2.35. The van der Waals surface area contributed by atoms with E-state index in [4.69, 9.17) is 11.6 Å². The maximum absolute atomic E-state index is 11.8. The van der Waals surface area contributed by atoms with Crippen LogP contribution in [0.4, 0.5) is 0 Å². The molecule has 0 spiro atoms. The first-order chi connectivity index (χ1) is 7.56. The molecule has 2 rings (SSSR count). The molecule has 1 fully saturated rings. The lowest BCUT2D eigenvalue weighted by Gasteiger charge is -2.11. The van der Waals surface area contributed by atoms with Gasteiger partial charge >= 0.3 is 0 Å². The molecule has 1 aromatic rings. The number of nitrogens with one attached hydrogen (secondary N) is 1. The fourth-order valence-corrected chi connectivity index (χ4v) is 2.00. The van der Waals surface area contributed by atoms with Crippen LogP contribution in [0.3, 0.4) is 0 Å². The minimum atomic E-state index is -0.570. The number of carbonyl (C=O) groups is 1.